The molecular weight excluding hydrogens is 296 g/mol. The molecule has 1 fully saturated rings. The van der Waals surface area contributed by atoms with Crippen molar-refractivity contribution in [3.05, 3.63) is 48.0 Å². The van der Waals surface area contributed by atoms with E-state index in [4.69, 9.17) is 4.84 Å². The summed E-state index contributed by atoms with van der Waals surface area (Å²) in [4.78, 5) is 42.5. The molecular formula is C17H18N2O4. The van der Waals surface area contributed by atoms with Crippen LogP contribution in [0.4, 0.5) is 0 Å². The van der Waals surface area contributed by atoms with Gasteiger partial charge in [0.15, 0.2) is 0 Å². The maximum absolute atomic E-state index is 12.2. The summed E-state index contributed by atoms with van der Waals surface area (Å²) in [6.07, 6.45) is 4.97. The standard InChI is InChI=1S/C17H18N2O4/c20-15(18-23-11-12-6-2-1-3-7-12)10-19-16(21)13-8-4-5-9-14(13)17(19)22/h1-7,13-14H,8-11H2,(H,18,20)/t13-,14-/m0/s1. The highest BCUT2D eigenvalue weighted by Crippen LogP contribution is 2.34. The van der Waals surface area contributed by atoms with Crippen molar-refractivity contribution >= 4 is 17.7 Å². The zero-order chi connectivity index (χ0) is 16.2. The van der Waals surface area contributed by atoms with E-state index in [1.54, 1.807) is 0 Å². The molecule has 1 aliphatic carbocycles. The molecule has 1 aromatic carbocycles. The SMILES string of the molecule is O=C(CN1C(=O)[C@H]2CC=CC[C@@H]2C1=O)NOCc1ccccc1. The van der Waals surface area contributed by atoms with Crippen LogP contribution in [0, 0.1) is 11.8 Å². The predicted octanol–water partition coefficient (Wildman–Crippen LogP) is 1.19. The van der Waals surface area contributed by atoms with Gasteiger partial charge in [-0.2, -0.15) is 0 Å². The van der Waals surface area contributed by atoms with E-state index in [9.17, 15) is 14.4 Å². The molecule has 3 rings (SSSR count). The molecule has 1 heterocycles. The number of nitrogens with zero attached hydrogens (tertiary/aromatic N) is 1. The van der Waals surface area contributed by atoms with Gasteiger partial charge in [0.2, 0.25) is 11.8 Å². The number of carbonyl (C=O) groups is 3. The number of carbonyl (C=O) groups excluding carboxylic acids is 3. The van der Waals surface area contributed by atoms with Crippen LogP contribution in [-0.4, -0.2) is 29.2 Å². The molecule has 0 radical (unpaired) electrons. The molecule has 0 saturated carbocycles. The number of hydrogen-bond acceptors (Lipinski definition) is 4. The molecule has 6 nitrogen and oxygen atoms in total. The second-order valence-electron chi connectivity index (χ2n) is 5.72. The Morgan fingerprint density at radius 3 is 2.30 bits per heavy atom. The first-order valence-corrected chi connectivity index (χ1v) is 7.61. The minimum Gasteiger partial charge on any atom is -0.274 e. The maximum Gasteiger partial charge on any atom is 0.263 e. The van der Waals surface area contributed by atoms with Gasteiger partial charge in [-0.1, -0.05) is 42.5 Å². The number of likely N-dealkylation sites (tertiary alicyclic amines) is 1. The molecule has 1 aliphatic heterocycles. The lowest BCUT2D eigenvalue weighted by molar-refractivity contribution is -0.147. The van der Waals surface area contributed by atoms with Gasteiger partial charge < -0.3 is 0 Å². The number of hydrogen-bond donors (Lipinski definition) is 1. The van der Waals surface area contributed by atoms with Crippen molar-refractivity contribution in [1.29, 1.82) is 0 Å². The molecule has 0 unspecified atom stereocenters. The third-order valence-corrected chi connectivity index (χ3v) is 4.17. The summed E-state index contributed by atoms with van der Waals surface area (Å²) in [6.45, 7) is -0.0664. The highest BCUT2D eigenvalue weighted by Gasteiger charge is 2.47. The number of benzene rings is 1. The van der Waals surface area contributed by atoms with Crippen LogP contribution in [0.5, 0.6) is 0 Å². The Bertz CT molecular complexity index is 615. The Labute approximate surface area is 134 Å². The summed E-state index contributed by atoms with van der Waals surface area (Å²) in [5, 5.41) is 0. The zero-order valence-corrected chi connectivity index (χ0v) is 12.6. The van der Waals surface area contributed by atoms with Gasteiger partial charge in [0.1, 0.15) is 6.54 Å². The summed E-state index contributed by atoms with van der Waals surface area (Å²) >= 11 is 0. The predicted molar refractivity (Wildman–Crippen MR) is 81.4 cm³/mol. The zero-order valence-electron chi connectivity index (χ0n) is 12.6. The molecule has 3 amide bonds. The van der Waals surface area contributed by atoms with E-state index >= 15 is 0 Å². The number of rotatable bonds is 5. The van der Waals surface area contributed by atoms with Gasteiger partial charge in [-0.25, -0.2) is 5.48 Å². The molecule has 0 bridgehead atoms. The van der Waals surface area contributed by atoms with E-state index in [1.165, 1.54) is 0 Å². The van der Waals surface area contributed by atoms with Crippen LogP contribution in [-0.2, 0) is 25.8 Å². The highest BCUT2D eigenvalue weighted by atomic mass is 16.6. The largest absolute Gasteiger partial charge is 0.274 e. The van der Waals surface area contributed by atoms with Crippen LogP contribution in [0.15, 0.2) is 42.5 Å². The average molecular weight is 314 g/mol. The van der Waals surface area contributed by atoms with Crippen LogP contribution < -0.4 is 5.48 Å². The molecule has 0 spiro atoms. The Kier molecular flexibility index (Phi) is 4.52. The van der Waals surface area contributed by atoms with Gasteiger partial charge in [-0.15, -0.1) is 0 Å². The average Bonchev–Trinajstić information content (AvgIpc) is 2.81. The fraction of sp³-hybridized carbons (Fsp3) is 0.353. The molecule has 0 aromatic heterocycles. The van der Waals surface area contributed by atoms with Gasteiger partial charge >= 0.3 is 0 Å². The van der Waals surface area contributed by atoms with Gasteiger partial charge in [-0.3, -0.25) is 24.1 Å². The van der Waals surface area contributed by atoms with Crippen LogP contribution in [0.25, 0.3) is 0 Å². The Morgan fingerprint density at radius 1 is 1.09 bits per heavy atom. The second kappa shape index (κ2) is 6.75. The van der Waals surface area contributed by atoms with E-state index in [0.717, 1.165) is 10.5 Å². The minimum atomic E-state index is -0.505. The molecule has 1 aromatic rings. The Morgan fingerprint density at radius 2 is 1.70 bits per heavy atom. The van der Waals surface area contributed by atoms with Crippen molar-refractivity contribution in [1.82, 2.24) is 10.4 Å². The van der Waals surface area contributed by atoms with Crippen molar-refractivity contribution in [2.24, 2.45) is 11.8 Å². The quantitative estimate of drug-likeness (QED) is 0.503. The number of fused-ring (bicyclic) bond motifs is 1. The lowest BCUT2D eigenvalue weighted by Crippen LogP contribution is -2.41. The number of allylic oxidation sites excluding steroid dienone is 2. The summed E-state index contributed by atoms with van der Waals surface area (Å²) < 4.78 is 0. The van der Waals surface area contributed by atoms with Crippen LogP contribution in [0.1, 0.15) is 18.4 Å². The topological polar surface area (TPSA) is 75.7 Å². The molecule has 1 saturated heterocycles. The molecule has 1 N–H and O–H groups in total. The van der Waals surface area contributed by atoms with E-state index in [2.05, 4.69) is 5.48 Å². The molecule has 2 atom stereocenters. The first kappa shape index (κ1) is 15.4. The molecule has 23 heavy (non-hydrogen) atoms. The Balaban J connectivity index is 1.50. The van der Waals surface area contributed by atoms with Gasteiger partial charge in [0.05, 0.1) is 18.4 Å². The van der Waals surface area contributed by atoms with Crippen molar-refractivity contribution in [2.75, 3.05) is 6.54 Å². The number of imide groups is 1. The fourth-order valence-corrected chi connectivity index (χ4v) is 2.97. The number of hydroxylamine groups is 1. The van der Waals surface area contributed by atoms with Crippen LogP contribution in [0.2, 0.25) is 0 Å². The van der Waals surface area contributed by atoms with Crippen LogP contribution >= 0.6 is 0 Å². The van der Waals surface area contributed by atoms with E-state index in [-0.39, 0.29) is 36.8 Å². The first-order chi connectivity index (χ1) is 11.2. The fourth-order valence-electron chi connectivity index (χ4n) is 2.97. The molecule has 120 valence electrons. The highest BCUT2D eigenvalue weighted by molar-refractivity contribution is 6.07. The number of amides is 3. The Hall–Kier alpha value is -2.47. The second-order valence-corrected chi connectivity index (χ2v) is 5.72. The number of nitrogens with one attached hydrogen (secondary N) is 1. The van der Waals surface area contributed by atoms with Gasteiger partial charge in [-0.05, 0) is 18.4 Å². The maximum atomic E-state index is 12.2. The van der Waals surface area contributed by atoms with Gasteiger partial charge in [0, 0.05) is 0 Å². The van der Waals surface area contributed by atoms with E-state index in [0.29, 0.717) is 12.8 Å². The normalized spacial score (nSPS) is 23.0. The van der Waals surface area contributed by atoms with Crippen molar-refractivity contribution in [2.45, 2.75) is 19.4 Å². The van der Waals surface area contributed by atoms with Crippen molar-refractivity contribution in [3.8, 4) is 0 Å². The molecule has 6 heteroatoms. The third-order valence-electron chi connectivity index (χ3n) is 4.17. The summed E-state index contributed by atoms with van der Waals surface area (Å²) in [5.41, 5.74) is 3.19. The monoisotopic (exact) mass is 314 g/mol. The smallest absolute Gasteiger partial charge is 0.263 e. The van der Waals surface area contributed by atoms with Crippen molar-refractivity contribution < 1.29 is 19.2 Å². The molecule has 2 aliphatic rings. The van der Waals surface area contributed by atoms with Gasteiger partial charge in [0.25, 0.3) is 5.91 Å². The summed E-state index contributed by atoms with van der Waals surface area (Å²) in [7, 11) is 0. The lowest BCUT2D eigenvalue weighted by atomic mass is 9.85. The van der Waals surface area contributed by atoms with E-state index in [1.807, 2.05) is 42.5 Å². The minimum absolute atomic E-state index is 0.226. The summed E-state index contributed by atoms with van der Waals surface area (Å²) in [6, 6.07) is 9.38. The lowest BCUT2D eigenvalue weighted by Gasteiger charge is -2.14. The van der Waals surface area contributed by atoms with E-state index < -0.39 is 5.91 Å². The first-order valence-electron chi connectivity index (χ1n) is 7.61. The van der Waals surface area contributed by atoms with Crippen LogP contribution in [0.3, 0.4) is 0 Å². The summed E-state index contributed by atoms with van der Waals surface area (Å²) in [5.74, 6) is -1.66. The third kappa shape index (κ3) is 3.32. The van der Waals surface area contributed by atoms with Crippen molar-refractivity contribution in [3.63, 3.8) is 0 Å².